The Bertz CT molecular complexity index is 1050. The molecular weight excluding hydrogens is 462 g/mol. The van der Waals surface area contributed by atoms with E-state index in [0.29, 0.717) is 42.9 Å². The van der Waals surface area contributed by atoms with Gasteiger partial charge < -0.3 is 10.2 Å². The van der Waals surface area contributed by atoms with Gasteiger partial charge in [-0.25, -0.2) is 13.1 Å². The molecule has 1 atom stereocenters. The van der Waals surface area contributed by atoms with E-state index in [1.807, 2.05) is 37.3 Å². The van der Waals surface area contributed by atoms with Crippen molar-refractivity contribution in [1.29, 1.82) is 0 Å². The molecule has 1 fully saturated rings. The normalized spacial score (nSPS) is 15.8. The van der Waals surface area contributed by atoms with Gasteiger partial charge in [0.15, 0.2) is 0 Å². The number of piperidine rings is 1. The number of nitrogens with one attached hydrogen (secondary N) is 2. The van der Waals surface area contributed by atoms with Crippen molar-refractivity contribution >= 4 is 33.4 Å². The summed E-state index contributed by atoms with van der Waals surface area (Å²) in [6, 6.07) is 15.5. The maximum atomic E-state index is 13.1. The Morgan fingerprint density at radius 3 is 2.33 bits per heavy atom. The third kappa shape index (κ3) is 7.28. The van der Waals surface area contributed by atoms with Crippen molar-refractivity contribution in [2.45, 2.75) is 44.7 Å². The summed E-state index contributed by atoms with van der Waals surface area (Å²) in [6.45, 7) is 2.77. The van der Waals surface area contributed by atoms with Crippen LogP contribution in [0.5, 0.6) is 0 Å². The van der Waals surface area contributed by atoms with Crippen molar-refractivity contribution < 1.29 is 18.0 Å². The van der Waals surface area contributed by atoms with Gasteiger partial charge in [0.25, 0.3) is 5.91 Å². The van der Waals surface area contributed by atoms with Crippen molar-refractivity contribution in [1.82, 2.24) is 14.9 Å². The highest BCUT2D eigenvalue weighted by atomic mass is 35.5. The summed E-state index contributed by atoms with van der Waals surface area (Å²) in [5, 5.41) is 3.30. The number of hydrogen-bond acceptors (Lipinski definition) is 4. The Balaban J connectivity index is 1.64. The molecule has 0 spiro atoms. The molecule has 9 heteroatoms. The predicted molar refractivity (Wildman–Crippen MR) is 130 cm³/mol. The van der Waals surface area contributed by atoms with Crippen molar-refractivity contribution in [3.05, 3.63) is 70.7 Å². The first-order chi connectivity index (χ1) is 15.8. The van der Waals surface area contributed by atoms with Crippen molar-refractivity contribution in [2.75, 3.05) is 18.8 Å². The van der Waals surface area contributed by atoms with Crippen molar-refractivity contribution in [3.63, 3.8) is 0 Å². The van der Waals surface area contributed by atoms with Gasteiger partial charge in [-0.2, -0.15) is 0 Å². The summed E-state index contributed by atoms with van der Waals surface area (Å²) >= 11 is 6.17. The lowest BCUT2D eigenvalue weighted by Gasteiger charge is -2.33. The van der Waals surface area contributed by atoms with Crippen LogP contribution in [-0.2, 0) is 14.8 Å². The van der Waals surface area contributed by atoms with Crippen LogP contribution in [0.1, 0.15) is 54.6 Å². The number of hydrogen-bond donors (Lipinski definition) is 2. The van der Waals surface area contributed by atoms with Crippen LogP contribution in [0.25, 0.3) is 0 Å². The molecule has 3 rings (SSSR count). The lowest BCUT2D eigenvalue weighted by atomic mass is 10.0. The number of rotatable bonds is 9. The Hall–Kier alpha value is -2.42. The van der Waals surface area contributed by atoms with Gasteiger partial charge in [0, 0.05) is 19.1 Å². The molecule has 0 bridgehead atoms. The molecule has 1 heterocycles. The largest absolute Gasteiger partial charge is 0.345 e. The number of sulfonamides is 1. The fourth-order valence-electron chi connectivity index (χ4n) is 3.95. The van der Waals surface area contributed by atoms with Gasteiger partial charge in [0.05, 0.1) is 28.8 Å². The second kappa shape index (κ2) is 11.6. The highest BCUT2D eigenvalue weighted by Gasteiger charge is 2.28. The van der Waals surface area contributed by atoms with Crippen molar-refractivity contribution in [3.8, 4) is 0 Å². The molecule has 2 aromatic rings. The van der Waals surface area contributed by atoms with Crippen LogP contribution in [0.15, 0.2) is 54.6 Å². The fraction of sp³-hybridized carbons (Fsp3) is 0.417. The van der Waals surface area contributed by atoms with E-state index in [2.05, 4.69) is 10.0 Å². The van der Waals surface area contributed by atoms with Gasteiger partial charge >= 0.3 is 0 Å². The third-order valence-electron chi connectivity index (χ3n) is 5.67. The highest BCUT2D eigenvalue weighted by molar-refractivity contribution is 7.89. The van der Waals surface area contributed by atoms with Crippen LogP contribution < -0.4 is 10.0 Å². The molecule has 0 aromatic heterocycles. The topological polar surface area (TPSA) is 95.6 Å². The zero-order valence-electron chi connectivity index (χ0n) is 18.7. The van der Waals surface area contributed by atoms with Gasteiger partial charge in [-0.3, -0.25) is 9.59 Å². The van der Waals surface area contributed by atoms with Gasteiger partial charge in [-0.05, 0) is 37.0 Å². The number of benzene rings is 2. The first-order valence-electron chi connectivity index (χ1n) is 11.2. The zero-order valence-corrected chi connectivity index (χ0v) is 20.2. The molecule has 2 amide bonds. The molecule has 1 aliphatic rings. The predicted octanol–water partition coefficient (Wildman–Crippen LogP) is 3.52. The maximum absolute atomic E-state index is 13.1. The summed E-state index contributed by atoms with van der Waals surface area (Å²) < 4.78 is 26.8. The molecule has 1 unspecified atom stereocenters. The lowest BCUT2D eigenvalue weighted by Crippen LogP contribution is -2.47. The maximum Gasteiger partial charge on any atom is 0.253 e. The molecule has 1 saturated heterocycles. The Morgan fingerprint density at radius 1 is 1.06 bits per heavy atom. The quantitative estimate of drug-likeness (QED) is 0.561. The van der Waals surface area contributed by atoms with E-state index < -0.39 is 16.1 Å². The average molecular weight is 492 g/mol. The first kappa shape index (κ1) is 25.2. The van der Waals surface area contributed by atoms with E-state index in [1.54, 1.807) is 29.2 Å². The second-order valence-electron chi connectivity index (χ2n) is 8.21. The fourth-order valence-corrected chi connectivity index (χ4v) is 5.57. The van der Waals surface area contributed by atoms with Gasteiger partial charge in [0.1, 0.15) is 0 Å². The number of carbonyl (C=O) groups is 2. The molecule has 2 aromatic carbocycles. The van der Waals surface area contributed by atoms with Crippen molar-refractivity contribution in [2.24, 2.45) is 0 Å². The SMILES string of the molecule is CCCS(=O)(=O)NC1CCN(C(=O)CC(NC(=O)c2ccccc2Cl)c2ccccc2)CC1. The molecule has 0 aliphatic carbocycles. The van der Waals surface area contributed by atoms with Gasteiger partial charge in [-0.15, -0.1) is 0 Å². The number of likely N-dealkylation sites (tertiary alicyclic amines) is 1. The molecule has 1 aliphatic heterocycles. The number of amides is 2. The van der Waals surface area contributed by atoms with Crippen LogP contribution in [0, 0.1) is 0 Å². The summed E-state index contributed by atoms with van der Waals surface area (Å²) in [7, 11) is -3.28. The molecule has 2 N–H and O–H groups in total. The zero-order chi connectivity index (χ0) is 23.8. The van der Waals surface area contributed by atoms with E-state index in [9.17, 15) is 18.0 Å². The van der Waals surface area contributed by atoms with E-state index >= 15 is 0 Å². The molecule has 0 saturated carbocycles. The summed E-state index contributed by atoms with van der Waals surface area (Å²) in [4.78, 5) is 27.7. The second-order valence-corrected chi connectivity index (χ2v) is 10.5. The molecular formula is C24H30ClN3O4S. The summed E-state index contributed by atoms with van der Waals surface area (Å²) in [5.41, 5.74) is 1.18. The number of nitrogens with zero attached hydrogens (tertiary/aromatic N) is 1. The van der Waals surface area contributed by atoms with E-state index in [-0.39, 0.29) is 30.0 Å². The van der Waals surface area contributed by atoms with E-state index in [4.69, 9.17) is 11.6 Å². The van der Waals surface area contributed by atoms with Crippen LogP contribution >= 0.6 is 11.6 Å². The molecule has 33 heavy (non-hydrogen) atoms. The standard InChI is InChI=1S/C24H30ClN3O4S/c1-2-16-33(31,32)27-19-12-14-28(15-13-19)23(29)17-22(18-8-4-3-5-9-18)26-24(30)20-10-6-7-11-21(20)25/h3-11,19,22,27H,2,12-17H2,1H3,(H,26,30). The van der Waals surface area contributed by atoms with E-state index in [1.165, 1.54) is 0 Å². The van der Waals surface area contributed by atoms with Crippen LogP contribution in [0.2, 0.25) is 5.02 Å². The van der Waals surface area contributed by atoms with Crippen LogP contribution in [-0.4, -0.2) is 50.0 Å². The Labute approximate surface area is 200 Å². The Morgan fingerprint density at radius 2 is 1.70 bits per heavy atom. The smallest absolute Gasteiger partial charge is 0.253 e. The number of halogens is 1. The molecule has 178 valence electrons. The lowest BCUT2D eigenvalue weighted by molar-refractivity contribution is -0.132. The molecule has 0 radical (unpaired) electrons. The number of carbonyl (C=O) groups excluding carboxylic acids is 2. The average Bonchev–Trinajstić information content (AvgIpc) is 2.79. The molecule has 7 nitrogen and oxygen atoms in total. The minimum Gasteiger partial charge on any atom is -0.345 e. The summed E-state index contributed by atoms with van der Waals surface area (Å²) in [6.07, 6.45) is 1.80. The van der Waals surface area contributed by atoms with E-state index in [0.717, 1.165) is 5.56 Å². The minimum absolute atomic E-state index is 0.0850. The first-order valence-corrected chi connectivity index (χ1v) is 13.2. The minimum atomic E-state index is -3.28. The third-order valence-corrected chi connectivity index (χ3v) is 7.64. The highest BCUT2D eigenvalue weighted by Crippen LogP contribution is 2.22. The Kier molecular flexibility index (Phi) is 8.88. The van der Waals surface area contributed by atoms with Crippen LogP contribution in [0.3, 0.4) is 0 Å². The van der Waals surface area contributed by atoms with Gasteiger partial charge in [-0.1, -0.05) is 61.0 Å². The van der Waals surface area contributed by atoms with Crippen LogP contribution in [0.4, 0.5) is 0 Å². The van der Waals surface area contributed by atoms with Gasteiger partial charge in [0.2, 0.25) is 15.9 Å². The monoisotopic (exact) mass is 491 g/mol. The summed E-state index contributed by atoms with van der Waals surface area (Å²) in [5.74, 6) is -0.319.